The second-order valence-electron chi connectivity index (χ2n) is 45.7. The van der Waals surface area contributed by atoms with Crippen molar-refractivity contribution in [2.24, 2.45) is 0 Å². The highest BCUT2D eigenvalue weighted by atomic mass is 79.9. The monoisotopic (exact) mass is 1980 g/mol. The molecule has 0 bridgehead atoms. The Morgan fingerprint density at radius 1 is 0.368 bits per heavy atom. The van der Waals surface area contributed by atoms with E-state index in [4.69, 9.17) is 37.7 Å². The van der Waals surface area contributed by atoms with E-state index in [9.17, 15) is 19.0 Å². The molecule has 2 N–H and O–H groups in total. The van der Waals surface area contributed by atoms with Crippen LogP contribution in [0.15, 0.2) is 173 Å². The number of halogens is 6. The lowest BCUT2D eigenvalue weighted by molar-refractivity contribution is -0.105. The van der Waals surface area contributed by atoms with Crippen LogP contribution in [0, 0.1) is 44.0 Å². The van der Waals surface area contributed by atoms with Crippen LogP contribution in [-0.2, 0) is 46.5 Å². The predicted molar refractivity (Wildman–Crippen MR) is 558 cm³/mol. The van der Waals surface area contributed by atoms with Gasteiger partial charge in [0.15, 0.2) is 6.29 Å². The first-order valence-corrected chi connectivity index (χ1v) is 54.1. The lowest BCUT2D eigenvalue weighted by atomic mass is 9.74. The molecule has 0 aromatic heterocycles. The van der Waals surface area contributed by atoms with E-state index < -0.39 is 46.1 Å². The quantitative estimate of drug-likeness (QED) is 0.0448. The largest absolute Gasteiger partial charge is 0.507 e. The van der Waals surface area contributed by atoms with Crippen LogP contribution in [0.1, 0.15) is 277 Å². The molecule has 10 nitrogen and oxygen atoms in total. The number of aromatic hydroxyl groups is 2. The first kappa shape index (κ1) is 107. The number of hydrogen-bond acceptors (Lipinski definition) is 10. The van der Waals surface area contributed by atoms with Gasteiger partial charge in [-0.05, 0) is 312 Å². The van der Waals surface area contributed by atoms with Gasteiger partial charge in [-0.1, -0.05) is 246 Å². The number of phenols is 2. The van der Waals surface area contributed by atoms with Crippen molar-refractivity contribution in [3.63, 3.8) is 0 Å². The molecule has 2 fully saturated rings. The number of rotatable bonds is 24. The van der Waals surface area contributed by atoms with Crippen molar-refractivity contribution in [1.82, 2.24) is 0 Å². The summed E-state index contributed by atoms with van der Waals surface area (Å²) in [6, 6.07) is 50.2. The Kier molecular flexibility index (Phi) is 33.5. The molecule has 2 heterocycles. The third-order valence-electron chi connectivity index (χ3n) is 27.4. The highest BCUT2D eigenvalue weighted by Gasteiger charge is 2.53. The van der Waals surface area contributed by atoms with Crippen LogP contribution < -0.4 is 29.1 Å². The second-order valence-corrected chi connectivity index (χ2v) is 58.1. The Morgan fingerprint density at radius 2 is 0.647 bits per heavy atom. The summed E-state index contributed by atoms with van der Waals surface area (Å²) in [6.07, 6.45) is 4.55. The van der Waals surface area contributed by atoms with E-state index in [1.165, 1.54) is 59.7 Å². The molecule has 0 spiro atoms. The number of ether oxygens (including phenoxy) is 6. The van der Waals surface area contributed by atoms with Crippen LogP contribution in [0.3, 0.4) is 0 Å². The molecule has 12 rings (SSSR count). The zero-order valence-electron chi connectivity index (χ0n) is 85.6. The maximum absolute atomic E-state index is 15.4. The molecule has 718 valence electrons. The molecule has 133 heavy (non-hydrogen) atoms. The molecule has 1 unspecified atom stereocenters. The molecule has 2 aliphatic heterocycles. The SMILES string of the molecule is CC(C)[Si](COc1ccc(F)cc1Br)(COc1ccc(F)cc1Br)C(C)C.Cc1cc(-c2cc(C(C)(C)C)cc(C(C)(C)C)c2)c(O)c(-c2cc(F)ccc2OC[Si](COc2ccc(F)cc2-c2cc(C)cc(-c3cc(C(C)(C)C)cc(C(C)(C)C)c3)c2O)(C(C)C)C(C)C)c1.Cc1cc(B2OC(C)(C)C(C)(C)O2)c(OC2CCCCO2)c(-c2cc(C(C)(C)C)cc(C(C)(C)C)c2)c1. The van der Waals surface area contributed by atoms with Gasteiger partial charge < -0.3 is 47.9 Å². The molecule has 0 amide bonds. The van der Waals surface area contributed by atoms with Crippen molar-refractivity contribution in [2.45, 2.75) is 320 Å². The fourth-order valence-corrected chi connectivity index (χ4v) is 25.2. The van der Waals surface area contributed by atoms with E-state index in [2.05, 4.69) is 313 Å². The molecular formula is C114H149BBr2F4O10Si2. The summed E-state index contributed by atoms with van der Waals surface area (Å²) < 4.78 is 111. The van der Waals surface area contributed by atoms with Crippen LogP contribution in [0.4, 0.5) is 17.6 Å². The summed E-state index contributed by atoms with van der Waals surface area (Å²) in [7, 11) is -5.20. The third kappa shape index (κ3) is 25.8. The number of hydrogen-bond donors (Lipinski definition) is 2. The Balaban J connectivity index is 0.000000237. The third-order valence-corrected chi connectivity index (χ3v) is 40.6. The van der Waals surface area contributed by atoms with Crippen LogP contribution in [0.25, 0.3) is 55.6 Å². The van der Waals surface area contributed by atoms with Crippen molar-refractivity contribution < 1.29 is 65.5 Å². The summed E-state index contributed by atoms with van der Waals surface area (Å²) in [6.45, 7) is 72.7. The molecule has 0 aliphatic carbocycles. The van der Waals surface area contributed by atoms with E-state index >= 15 is 8.78 Å². The molecular weight excluding hydrogens is 1830 g/mol. The number of benzene rings is 10. The van der Waals surface area contributed by atoms with E-state index in [1.54, 1.807) is 24.3 Å². The fraction of sp³-hybridized carbons (Fsp3) is 0.474. The van der Waals surface area contributed by atoms with Crippen LogP contribution >= 0.6 is 31.9 Å². The molecule has 2 aliphatic rings. The van der Waals surface area contributed by atoms with E-state index in [0.29, 0.717) is 101 Å². The Bertz CT molecular complexity index is 5400. The fourth-order valence-electron chi connectivity index (χ4n) is 17.0. The topological polar surface area (TPSA) is 114 Å². The molecule has 2 saturated heterocycles. The number of aryl methyl sites for hydroxylation is 3. The van der Waals surface area contributed by atoms with Crippen molar-refractivity contribution in [3.05, 3.63) is 246 Å². The average molecular weight is 1980 g/mol. The summed E-state index contributed by atoms with van der Waals surface area (Å²) in [4.78, 5) is 0. The second kappa shape index (κ2) is 41.7. The average Bonchev–Trinajstić information content (AvgIpc) is 1.61. The van der Waals surface area contributed by atoms with Crippen LogP contribution in [-0.4, -0.2) is 82.5 Å². The maximum Gasteiger partial charge on any atom is 0.498 e. The first-order valence-electron chi connectivity index (χ1n) is 47.4. The van der Waals surface area contributed by atoms with Gasteiger partial charge in [0.05, 0.1) is 51.7 Å². The van der Waals surface area contributed by atoms with E-state index in [-0.39, 0.29) is 73.0 Å². The highest BCUT2D eigenvalue weighted by molar-refractivity contribution is 9.11. The van der Waals surface area contributed by atoms with Crippen LogP contribution in [0.2, 0.25) is 22.2 Å². The minimum absolute atomic E-state index is 0.0158. The van der Waals surface area contributed by atoms with Crippen LogP contribution in [0.5, 0.6) is 40.2 Å². The normalized spacial score (nSPS) is 15.2. The van der Waals surface area contributed by atoms with Crippen molar-refractivity contribution in [2.75, 3.05) is 31.5 Å². The summed E-state index contributed by atoms with van der Waals surface area (Å²) in [5, 5.41) is 24.5. The Morgan fingerprint density at radius 3 is 0.940 bits per heavy atom. The standard InChI is InChI=1S/C62H78F2O4Si.C32H47BO4.C20H24Br2F2O2Si/c1-37(2)69(38(3)4,35-67-55-21-19-47(63)33-51(55)53-25-39(5)23-49(57(53)65)41-27-43(59(7,8)9)31-44(28-41)60(10,11)12)36-68-56-22-20-48(64)34-52(56)54-26-40(6)24-50(58(54)66)42-29-45(61(13,14)15)32-46(30-42)62(16,17)18;1-21-16-25(22-18-23(29(2,3)4)20-24(19-22)30(5,6)7)28(35-27-14-12-13-15-34-27)26(17-21)33-36-31(8,9)32(10,11)37-33;1-13(2)27(14(3)4,11-25-19-7-5-15(23)9-17(19)21)12-26-20-8-6-16(24)10-18(20)22/h19-34,37-38,65-66H,35-36H2,1-18H3;16-20,27H,12-15H2,1-11H3;5-10,13-14H,11-12H2,1-4H3. The smallest absolute Gasteiger partial charge is 0.498 e. The zero-order valence-corrected chi connectivity index (χ0v) is 90.8. The van der Waals surface area contributed by atoms with Gasteiger partial charge in [-0.25, -0.2) is 17.6 Å². The summed E-state index contributed by atoms with van der Waals surface area (Å²) >= 11 is 6.72. The molecule has 10 aromatic carbocycles. The highest BCUT2D eigenvalue weighted by Crippen LogP contribution is 2.51. The first-order chi connectivity index (χ1) is 61.4. The Hall–Kier alpha value is -8.14. The molecule has 1 atom stereocenters. The van der Waals surface area contributed by atoms with Gasteiger partial charge >= 0.3 is 7.12 Å². The minimum Gasteiger partial charge on any atom is -0.507 e. The molecule has 10 aromatic rings. The molecule has 0 radical (unpaired) electrons. The summed E-state index contributed by atoms with van der Waals surface area (Å²) in [5.41, 5.74) is 18.3. The van der Waals surface area contributed by atoms with Gasteiger partial charge in [0.2, 0.25) is 0 Å². The Labute approximate surface area is 813 Å². The lowest BCUT2D eigenvalue weighted by Gasteiger charge is -2.38. The van der Waals surface area contributed by atoms with Crippen molar-refractivity contribution in [1.29, 1.82) is 0 Å². The van der Waals surface area contributed by atoms with Gasteiger partial charge in [-0.15, -0.1) is 0 Å². The predicted octanol–water partition coefficient (Wildman–Crippen LogP) is 32.4. The van der Waals surface area contributed by atoms with E-state index in [0.717, 1.165) is 98.3 Å². The minimum atomic E-state index is -2.62. The molecule has 0 saturated carbocycles. The van der Waals surface area contributed by atoms with E-state index in [1.807, 2.05) is 38.1 Å². The maximum atomic E-state index is 15.4. The lowest BCUT2D eigenvalue weighted by Crippen LogP contribution is -2.53. The molecule has 19 heteroatoms. The van der Waals surface area contributed by atoms with Gasteiger partial charge in [0, 0.05) is 50.8 Å². The summed E-state index contributed by atoms with van der Waals surface area (Å²) in [5.74, 6) is 1.60. The van der Waals surface area contributed by atoms with Crippen molar-refractivity contribution >= 4 is 60.6 Å². The zero-order chi connectivity index (χ0) is 98.9. The van der Waals surface area contributed by atoms with Gasteiger partial charge in [-0.3, -0.25) is 0 Å². The number of phenolic OH excluding ortho intramolecular Hbond substituents is 2. The van der Waals surface area contributed by atoms with Gasteiger partial charge in [0.1, 0.15) is 79.7 Å². The van der Waals surface area contributed by atoms with Gasteiger partial charge in [-0.2, -0.15) is 0 Å². The van der Waals surface area contributed by atoms with Gasteiger partial charge in [0.25, 0.3) is 0 Å². The van der Waals surface area contributed by atoms with Crippen molar-refractivity contribution in [3.8, 4) is 95.9 Å².